The second-order valence-corrected chi connectivity index (χ2v) is 5.02. The summed E-state index contributed by atoms with van der Waals surface area (Å²) in [5.41, 5.74) is 2.49. The molecule has 1 atom stereocenters. The molecule has 0 spiro atoms. The lowest BCUT2D eigenvalue weighted by Gasteiger charge is -2.17. The molecule has 0 saturated heterocycles. The Kier molecular flexibility index (Phi) is 4.34. The van der Waals surface area contributed by atoms with E-state index in [9.17, 15) is 4.39 Å². The lowest BCUT2D eigenvalue weighted by molar-refractivity contribution is 0.631. The van der Waals surface area contributed by atoms with Crippen LogP contribution < -0.4 is 10.6 Å². The van der Waals surface area contributed by atoms with Crippen LogP contribution in [-0.4, -0.2) is 14.9 Å². The van der Waals surface area contributed by atoms with E-state index in [1.807, 2.05) is 20.9 Å². The first kappa shape index (κ1) is 14.5. The van der Waals surface area contributed by atoms with Crippen LogP contribution in [0.25, 0.3) is 0 Å². The molecule has 0 amide bonds. The van der Waals surface area contributed by atoms with Crippen LogP contribution in [-0.2, 0) is 7.05 Å². The van der Waals surface area contributed by atoms with Gasteiger partial charge in [0.1, 0.15) is 5.82 Å². The van der Waals surface area contributed by atoms with Crippen molar-refractivity contribution in [1.82, 2.24) is 15.1 Å². The van der Waals surface area contributed by atoms with Crippen LogP contribution >= 0.6 is 12.2 Å². The average molecular weight is 292 g/mol. The Morgan fingerprint density at radius 2 is 2.10 bits per heavy atom. The maximum atomic E-state index is 13.5. The molecule has 106 valence electrons. The van der Waals surface area contributed by atoms with Gasteiger partial charge in [0.05, 0.1) is 17.9 Å². The number of nitrogens with zero attached hydrogens (tertiary/aromatic N) is 2. The number of aromatic nitrogens is 2. The largest absolute Gasteiger partial charge is 0.356 e. The van der Waals surface area contributed by atoms with Crippen molar-refractivity contribution in [2.75, 3.05) is 5.32 Å². The van der Waals surface area contributed by atoms with Crippen LogP contribution in [0.5, 0.6) is 0 Å². The van der Waals surface area contributed by atoms with E-state index in [1.54, 1.807) is 29.1 Å². The number of nitrogens with one attached hydrogen (secondary N) is 2. The van der Waals surface area contributed by atoms with Gasteiger partial charge in [-0.25, -0.2) is 4.39 Å². The second kappa shape index (κ2) is 6.00. The monoisotopic (exact) mass is 292 g/mol. The summed E-state index contributed by atoms with van der Waals surface area (Å²) in [4.78, 5) is 0. The molecule has 6 heteroatoms. The van der Waals surface area contributed by atoms with Gasteiger partial charge in [-0.05, 0) is 38.2 Å². The second-order valence-electron chi connectivity index (χ2n) is 4.61. The third kappa shape index (κ3) is 3.14. The Morgan fingerprint density at radius 1 is 1.40 bits per heavy atom. The van der Waals surface area contributed by atoms with Crippen LogP contribution in [0.15, 0.2) is 30.5 Å². The molecule has 2 aromatic rings. The fourth-order valence-corrected chi connectivity index (χ4v) is 2.22. The Bertz CT molecular complexity index is 623. The highest BCUT2D eigenvalue weighted by Crippen LogP contribution is 2.17. The number of hydrogen-bond acceptors (Lipinski definition) is 2. The van der Waals surface area contributed by atoms with E-state index in [4.69, 9.17) is 12.2 Å². The highest BCUT2D eigenvalue weighted by atomic mass is 32.1. The molecule has 4 nitrogen and oxygen atoms in total. The summed E-state index contributed by atoms with van der Waals surface area (Å²) >= 11 is 5.21. The van der Waals surface area contributed by atoms with E-state index < -0.39 is 0 Å². The molecule has 1 unspecified atom stereocenters. The van der Waals surface area contributed by atoms with Crippen molar-refractivity contribution in [1.29, 1.82) is 0 Å². The Hall–Kier alpha value is -1.95. The number of benzene rings is 1. The highest BCUT2D eigenvalue weighted by Gasteiger charge is 2.13. The third-order valence-electron chi connectivity index (χ3n) is 3.21. The Morgan fingerprint density at radius 3 is 2.70 bits per heavy atom. The van der Waals surface area contributed by atoms with Crippen LogP contribution in [0.3, 0.4) is 0 Å². The minimum absolute atomic E-state index is 0.00419. The summed E-state index contributed by atoms with van der Waals surface area (Å²) < 4.78 is 15.3. The van der Waals surface area contributed by atoms with Crippen LogP contribution in [0.1, 0.15) is 24.2 Å². The van der Waals surface area contributed by atoms with Gasteiger partial charge in [-0.15, -0.1) is 0 Å². The van der Waals surface area contributed by atoms with Crippen LogP contribution in [0.2, 0.25) is 0 Å². The summed E-state index contributed by atoms with van der Waals surface area (Å²) in [6.45, 7) is 3.98. The standard InChI is InChI=1S/C14H17FN4S/c1-9(11-8-16-19(3)10(11)2)17-14(20)18-13-7-5-4-6-12(13)15/h4-9H,1-3H3,(H2,17,18,20). The normalized spacial score (nSPS) is 12.0. The molecule has 1 aromatic carbocycles. The molecule has 20 heavy (non-hydrogen) atoms. The van der Waals surface area contributed by atoms with Crippen molar-refractivity contribution in [3.05, 3.63) is 47.5 Å². The first-order valence-electron chi connectivity index (χ1n) is 6.29. The average Bonchev–Trinajstić information content (AvgIpc) is 2.73. The van der Waals surface area contributed by atoms with Gasteiger partial charge in [0.2, 0.25) is 0 Å². The minimum Gasteiger partial charge on any atom is -0.356 e. The van der Waals surface area contributed by atoms with E-state index in [1.165, 1.54) is 6.07 Å². The molecule has 0 saturated carbocycles. The summed E-state index contributed by atoms with van der Waals surface area (Å²) in [6.07, 6.45) is 1.80. The zero-order chi connectivity index (χ0) is 14.7. The summed E-state index contributed by atoms with van der Waals surface area (Å²) in [5.74, 6) is -0.332. The van der Waals surface area contributed by atoms with Crippen molar-refractivity contribution >= 4 is 23.0 Å². The molecule has 2 rings (SSSR count). The lowest BCUT2D eigenvalue weighted by atomic mass is 10.1. The molecule has 1 aromatic heterocycles. The van der Waals surface area contributed by atoms with Crippen LogP contribution in [0, 0.1) is 12.7 Å². The third-order valence-corrected chi connectivity index (χ3v) is 3.43. The van der Waals surface area contributed by atoms with Gasteiger partial charge in [-0.1, -0.05) is 12.1 Å². The Labute approximate surface area is 123 Å². The highest BCUT2D eigenvalue weighted by molar-refractivity contribution is 7.80. The maximum absolute atomic E-state index is 13.5. The zero-order valence-electron chi connectivity index (χ0n) is 11.6. The molecule has 0 aliphatic rings. The van der Waals surface area contributed by atoms with Gasteiger partial charge in [-0.3, -0.25) is 4.68 Å². The van der Waals surface area contributed by atoms with Gasteiger partial charge in [0.15, 0.2) is 5.11 Å². The molecular formula is C14H17FN4S. The fourth-order valence-electron chi connectivity index (χ4n) is 1.94. The van der Waals surface area contributed by atoms with E-state index in [0.717, 1.165) is 11.3 Å². The smallest absolute Gasteiger partial charge is 0.171 e. The van der Waals surface area contributed by atoms with Gasteiger partial charge in [-0.2, -0.15) is 5.10 Å². The van der Waals surface area contributed by atoms with Crippen molar-refractivity contribution < 1.29 is 4.39 Å². The fraction of sp³-hybridized carbons (Fsp3) is 0.286. The molecule has 1 heterocycles. The summed E-state index contributed by atoms with van der Waals surface area (Å²) in [7, 11) is 1.89. The Balaban J connectivity index is 2.02. The first-order valence-corrected chi connectivity index (χ1v) is 6.70. The predicted molar refractivity (Wildman–Crippen MR) is 82.1 cm³/mol. The quantitative estimate of drug-likeness (QED) is 0.854. The molecule has 0 aliphatic heterocycles. The molecule has 0 aliphatic carbocycles. The number of hydrogen-bond donors (Lipinski definition) is 2. The first-order chi connectivity index (χ1) is 9.49. The van der Waals surface area contributed by atoms with E-state index >= 15 is 0 Å². The number of para-hydroxylation sites is 1. The topological polar surface area (TPSA) is 41.9 Å². The van der Waals surface area contributed by atoms with Crippen molar-refractivity contribution in [2.24, 2.45) is 7.05 Å². The van der Waals surface area contributed by atoms with E-state index in [2.05, 4.69) is 15.7 Å². The molecular weight excluding hydrogens is 275 g/mol. The molecule has 0 fully saturated rings. The van der Waals surface area contributed by atoms with Gasteiger partial charge < -0.3 is 10.6 Å². The van der Waals surface area contributed by atoms with Crippen molar-refractivity contribution in [3.63, 3.8) is 0 Å². The van der Waals surface area contributed by atoms with Crippen molar-refractivity contribution in [2.45, 2.75) is 19.9 Å². The molecule has 0 bridgehead atoms. The zero-order valence-corrected chi connectivity index (χ0v) is 12.5. The number of rotatable bonds is 3. The van der Waals surface area contributed by atoms with Crippen LogP contribution in [0.4, 0.5) is 10.1 Å². The molecule has 0 radical (unpaired) electrons. The number of anilines is 1. The maximum Gasteiger partial charge on any atom is 0.171 e. The minimum atomic E-state index is -0.332. The van der Waals surface area contributed by atoms with E-state index in [0.29, 0.717) is 10.8 Å². The predicted octanol–water partition coefficient (Wildman–Crippen LogP) is 2.92. The van der Waals surface area contributed by atoms with Gasteiger partial charge >= 0.3 is 0 Å². The molecule has 2 N–H and O–H groups in total. The number of aryl methyl sites for hydroxylation is 1. The number of thiocarbonyl (C=S) groups is 1. The van der Waals surface area contributed by atoms with Gasteiger partial charge in [0.25, 0.3) is 0 Å². The SMILES string of the molecule is Cc1c(C(C)NC(=S)Nc2ccccc2F)cnn1C. The summed E-state index contributed by atoms with van der Waals surface area (Å²) in [5, 5.41) is 10.6. The van der Waals surface area contributed by atoms with Crippen molar-refractivity contribution in [3.8, 4) is 0 Å². The summed E-state index contributed by atoms with van der Waals surface area (Å²) in [6, 6.07) is 6.42. The lowest BCUT2D eigenvalue weighted by Crippen LogP contribution is -2.31. The number of halogens is 1. The van der Waals surface area contributed by atoms with Gasteiger partial charge in [0, 0.05) is 18.3 Å². The van der Waals surface area contributed by atoms with E-state index in [-0.39, 0.29) is 11.9 Å².